The van der Waals surface area contributed by atoms with Crippen molar-refractivity contribution in [2.45, 2.75) is 13.8 Å². The van der Waals surface area contributed by atoms with Crippen molar-refractivity contribution in [2.24, 2.45) is 11.8 Å². The molecule has 0 saturated carbocycles. The number of rotatable bonds is 5. The van der Waals surface area contributed by atoms with E-state index in [2.05, 4.69) is 10.3 Å². The third kappa shape index (κ3) is 3.14. The Kier molecular flexibility index (Phi) is 4.34. The molecule has 20 heavy (non-hydrogen) atoms. The van der Waals surface area contributed by atoms with Gasteiger partial charge in [0.25, 0.3) is 5.91 Å². The Morgan fingerprint density at radius 2 is 2.15 bits per heavy atom. The summed E-state index contributed by atoms with van der Waals surface area (Å²) in [6, 6.07) is 5.26. The molecule has 2 N–H and O–H groups in total. The Morgan fingerprint density at radius 3 is 2.80 bits per heavy atom. The molecule has 2 rings (SSSR count). The Morgan fingerprint density at radius 1 is 1.40 bits per heavy atom. The second-order valence-corrected chi connectivity index (χ2v) is 5.82. The molecule has 0 fully saturated rings. The van der Waals surface area contributed by atoms with Crippen molar-refractivity contribution < 1.29 is 14.7 Å². The monoisotopic (exact) mass is 292 g/mol. The van der Waals surface area contributed by atoms with Crippen molar-refractivity contribution in [3.05, 3.63) is 29.3 Å². The summed E-state index contributed by atoms with van der Waals surface area (Å²) in [5.74, 6) is -1.76. The molecule has 1 atom stereocenters. The van der Waals surface area contributed by atoms with Gasteiger partial charge >= 0.3 is 5.97 Å². The SMILES string of the molecule is CC(C)C(CNC(=O)c1ccc2ncsc2c1)C(=O)O. The van der Waals surface area contributed by atoms with Crippen molar-refractivity contribution in [3.63, 3.8) is 0 Å². The first-order valence-electron chi connectivity index (χ1n) is 6.33. The molecule has 1 unspecified atom stereocenters. The number of thiazole rings is 1. The summed E-state index contributed by atoms with van der Waals surface area (Å²) in [6.45, 7) is 3.79. The van der Waals surface area contributed by atoms with Gasteiger partial charge in [-0.3, -0.25) is 9.59 Å². The lowest BCUT2D eigenvalue weighted by atomic mass is 9.96. The summed E-state index contributed by atoms with van der Waals surface area (Å²) < 4.78 is 0.941. The van der Waals surface area contributed by atoms with Gasteiger partial charge in [0.05, 0.1) is 21.6 Å². The second-order valence-electron chi connectivity index (χ2n) is 4.93. The highest BCUT2D eigenvalue weighted by molar-refractivity contribution is 7.16. The molecule has 0 aliphatic carbocycles. The minimum Gasteiger partial charge on any atom is -0.481 e. The molecule has 0 saturated heterocycles. The number of nitrogens with zero attached hydrogens (tertiary/aromatic N) is 1. The number of fused-ring (bicyclic) bond motifs is 1. The van der Waals surface area contributed by atoms with Crippen molar-refractivity contribution >= 4 is 33.4 Å². The van der Waals surface area contributed by atoms with Crippen LogP contribution < -0.4 is 5.32 Å². The number of amides is 1. The van der Waals surface area contributed by atoms with Gasteiger partial charge < -0.3 is 10.4 Å². The van der Waals surface area contributed by atoms with E-state index in [4.69, 9.17) is 5.11 Å². The van der Waals surface area contributed by atoms with E-state index in [0.29, 0.717) is 5.56 Å². The van der Waals surface area contributed by atoms with Gasteiger partial charge in [0.15, 0.2) is 0 Å². The van der Waals surface area contributed by atoms with Crippen LogP contribution in [0.2, 0.25) is 0 Å². The third-order valence-electron chi connectivity index (χ3n) is 3.20. The van der Waals surface area contributed by atoms with Crippen molar-refractivity contribution in [1.82, 2.24) is 10.3 Å². The lowest BCUT2D eigenvalue weighted by Gasteiger charge is -2.16. The standard InChI is InChI=1S/C14H16N2O3S/c1-8(2)10(14(18)19)6-15-13(17)9-3-4-11-12(5-9)20-7-16-11/h3-5,7-8,10H,6H2,1-2H3,(H,15,17)(H,18,19). The smallest absolute Gasteiger partial charge is 0.308 e. The van der Waals surface area contributed by atoms with E-state index in [1.807, 2.05) is 13.8 Å². The van der Waals surface area contributed by atoms with Crippen molar-refractivity contribution in [2.75, 3.05) is 6.54 Å². The number of carbonyl (C=O) groups excluding carboxylic acids is 1. The molecule has 1 heterocycles. The molecule has 6 heteroatoms. The predicted octanol–water partition coefficient (Wildman–Crippen LogP) is 2.38. The summed E-state index contributed by atoms with van der Waals surface area (Å²) in [5, 5.41) is 11.8. The predicted molar refractivity (Wildman–Crippen MR) is 77.9 cm³/mol. The number of carboxylic acids is 1. The maximum atomic E-state index is 12.0. The topological polar surface area (TPSA) is 79.3 Å². The summed E-state index contributed by atoms with van der Waals surface area (Å²) in [6.07, 6.45) is 0. The highest BCUT2D eigenvalue weighted by Gasteiger charge is 2.22. The van der Waals surface area contributed by atoms with Crippen molar-refractivity contribution in [3.8, 4) is 0 Å². The number of carboxylic acid groups (broad SMARTS) is 1. The molecule has 1 aromatic heterocycles. The van der Waals surface area contributed by atoms with Crippen LogP contribution in [0.15, 0.2) is 23.7 Å². The van der Waals surface area contributed by atoms with Crippen molar-refractivity contribution in [1.29, 1.82) is 0 Å². The minimum atomic E-state index is -0.891. The largest absolute Gasteiger partial charge is 0.481 e. The van der Waals surface area contributed by atoms with Gasteiger partial charge in [-0.2, -0.15) is 0 Å². The average Bonchev–Trinajstić information content (AvgIpc) is 2.84. The fourth-order valence-corrected chi connectivity index (χ4v) is 2.63. The fraction of sp³-hybridized carbons (Fsp3) is 0.357. The first kappa shape index (κ1) is 14.5. The highest BCUT2D eigenvalue weighted by Crippen LogP contribution is 2.19. The Bertz CT molecular complexity index is 636. The zero-order valence-electron chi connectivity index (χ0n) is 11.3. The molecule has 5 nitrogen and oxygen atoms in total. The third-order valence-corrected chi connectivity index (χ3v) is 3.99. The summed E-state index contributed by atoms with van der Waals surface area (Å²) >= 11 is 1.47. The molecule has 0 spiro atoms. The van der Waals surface area contributed by atoms with Crippen LogP contribution in [0, 0.1) is 11.8 Å². The molecule has 1 amide bonds. The maximum absolute atomic E-state index is 12.0. The van der Waals surface area contributed by atoms with Crippen LogP contribution in [0.1, 0.15) is 24.2 Å². The lowest BCUT2D eigenvalue weighted by molar-refractivity contribution is -0.142. The van der Waals surface area contributed by atoms with Gasteiger partial charge in [0, 0.05) is 12.1 Å². The van der Waals surface area contributed by atoms with Gasteiger partial charge in [0.1, 0.15) is 0 Å². The van der Waals surface area contributed by atoms with Gasteiger partial charge in [0.2, 0.25) is 0 Å². The number of benzene rings is 1. The zero-order chi connectivity index (χ0) is 14.7. The number of hydrogen-bond acceptors (Lipinski definition) is 4. The van der Waals surface area contributed by atoms with Gasteiger partial charge in [-0.05, 0) is 24.1 Å². The first-order valence-corrected chi connectivity index (χ1v) is 7.21. The molecule has 0 aliphatic heterocycles. The summed E-state index contributed by atoms with van der Waals surface area (Å²) in [5.41, 5.74) is 3.11. The quantitative estimate of drug-likeness (QED) is 0.886. The molecular formula is C14H16N2O3S. The Hall–Kier alpha value is -1.95. The van der Waals surface area contributed by atoms with Crippen LogP contribution in [0.25, 0.3) is 10.2 Å². The lowest BCUT2D eigenvalue weighted by Crippen LogP contribution is -2.35. The van der Waals surface area contributed by atoms with E-state index < -0.39 is 11.9 Å². The molecule has 0 bridgehead atoms. The molecular weight excluding hydrogens is 276 g/mol. The van der Waals surface area contributed by atoms with Crippen LogP contribution in [0.3, 0.4) is 0 Å². The van der Waals surface area contributed by atoms with Crippen LogP contribution in [0.4, 0.5) is 0 Å². The Balaban J connectivity index is 2.05. The maximum Gasteiger partial charge on any atom is 0.308 e. The van der Waals surface area contributed by atoms with E-state index >= 15 is 0 Å². The summed E-state index contributed by atoms with van der Waals surface area (Å²) in [4.78, 5) is 27.3. The van der Waals surface area contributed by atoms with Gasteiger partial charge in [-0.1, -0.05) is 13.8 Å². The molecule has 1 aromatic carbocycles. The zero-order valence-corrected chi connectivity index (χ0v) is 12.1. The number of aliphatic carboxylic acids is 1. The number of hydrogen-bond donors (Lipinski definition) is 2. The fourth-order valence-electron chi connectivity index (χ4n) is 1.91. The van der Waals surface area contributed by atoms with Crippen LogP contribution in [-0.2, 0) is 4.79 Å². The van der Waals surface area contributed by atoms with Crippen LogP contribution in [0.5, 0.6) is 0 Å². The van der Waals surface area contributed by atoms with Gasteiger partial charge in [-0.15, -0.1) is 11.3 Å². The number of nitrogens with one attached hydrogen (secondary N) is 1. The molecule has 0 radical (unpaired) electrons. The number of aromatic nitrogens is 1. The van der Waals surface area contributed by atoms with E-state index in [9.17, 15) is 9.59 Å². The minimum absolute atomic E-state index is 0.0308. The first-order chi connectivity index (χ1) is 9.49. The second kappa shape index (κ2) is 6.00. The van der Waals surface area contributed by atoms with Gasteiger partial charge in [-0.25, -0.2) is 4.98 Å². The van der Waals surface area contributed by atoms with Crippen LogP contribution >= 0.6 is 11.3 Å². The average molecular weight is 292 g/mol. The van der Waals surface area contributed by atoms with Crippen LogP contribution in [-0.4, -0.2) is 28.5 Å². The Labute approximate surface area is 120 Å². The van der Waals surface area contributed by atoms with E-state index in [-0.39, 0.29) is 18.4 Å². The number of carbonyl (C=O) groups is 2. The molecule has 2 aromatic rings. The summed E-state index contributed by atoms with van der Waals surface area (Å²) in [7, 11) is 0. The molecule has 0 aliphatic rings. The highest BCUT2D eigenvalue weighted by atomic mass is 32.1. The van der Waals surface area contributed by atoms with E-state index in [0.717, 1.165) is 10.2 Å². The normalized spacial score (nSPS) is 12.6. The molecule has 106 valence electrons. The van der Waals surface area contributed by atoms with E-state index in [1.165, 1.54) is 11.3 Å². The van der Waals surface area contributed by atoms with E-state index in [1.54, 1.807) is 23.7 Å².